The summed E-state index contributed by atoms with van der Waals surface area (Å²) in [6.07, 6.45) is 2.05. The van der Waals surface area contributed by atoms with Crippen LogP contribution in [0.1, 0.15) is 32.3 Å². The maximum Gasteiger partial charge on any atom is 0.326 e. The molecule has 0 aliphatic heterocycles. The monoisotopic (exact) mass is 370 g/mol. The minimum absolute atomic E-state index is 0.207. The number of carboxylic acids is 1. The summed E-state index contributed by atoms with van der Waals surface area (Å²) < 4.78 is 5.60. The Bertz CT molecular complexity index is 732. The highest BCUT2D eigenvalue weighted by Gasteiger charge is 2.25. The van der Waals surface area contributed by atoms with Crippen LogP contribution in [0.15, 0.2) is 54.6 Å². The smallest absolute Gasteiger partial charge is 0.326 e. The Morgan fingerprint density at radius 2 is 1.78 bits per heavy atom. The number of carbonyl (C=O) groups is 2. The zero-order valence-corrected chi connectivity index (χ0v) is 15.7. The third kappa shape index (κ3) is 6.33. The number of amides is 2. The maximum absolute atomic E-state index is 12.7. The van der Waals surface area contributed by atoms with Crippen molar-refractivity contribution in [3.63, 3.8) is 0 Å². The molecular formula is C21H26N2O4. The van der Waals surface area contributed by atoms with E-state index in [9.17, 15) is 14.7 Å². The number of hydrogen-bond acceptors (Lipinski definition) is 3. The van der Waals surface area contributed by atoms with Crippen LogP contribution in [-0.4, -0.2) is 34.7 Å². The summed E-state index contributed by atoms with van der Waals surface area (Å²) in [6.45, 7) is 4.46. The van der Waals surface area contributed by atoms with Gasteiger partial charge >= 0.3 is 12.0 Å². The molecule has 0 bridgehead atoms. The first-order valence-electron chi connectivity index (χ1n) is 9.08. The van der Waals surface area contributed by atoms with E-state index in [1.165, 1.54) is 11.8 Å². The zero-order valence-electron chi connectivity index (χ0n) is 15.7. The Morgan fingerprint density at radius 1 is 1.11 bits per heavy atom. The van der Waals surface area contributed by atoms with Crippen molar-refractivity contribution in [3.05, 3.63) is 60.2 Å². The first kappa shape index (κ1) is 20.3. The molecule has 2 N–H and O–H groups in total. The number of ether oxygens (including phenoxy) is 1. The topological polar surface area (TPSA) is 78.9 Å². The number of nitrogens with one attached hydrogen (secondary N) is 1. The molecule has 0 aromatic heterocycles. The third-order valence-corrected chi connectivity index (χ3v) is 4.15. The predicted octanol–water partition coefficient (Wildman–Crippen LogP) is 4.37. The number of urea groups is 1. The van der Waals surface area contributed by atoms with Gasteiger partial charge in [0.1, 0.15) is 11.8 Å². The van der Waals surface area contributed by atoms with E-state index < -0.39 is 18.0 Å². The summed E-state index contributed by atoms with van der Waals surface area (Å²) in [4.78, 5) is 25.4. The first-order chi connectivity index (χ1) is 13.0. The zero-order chi connectivity index (χ0) is 19.6. The van der Waals surface area contributed by atoms with Gasteiger partial charge in [-0.1, -0.05) is 43.7 Å². The Balaban J connectivity index is 2.05. The van der Waals surface area contributed by atoms with Crippen LogP contribution in [0.4, 0.5) is 10.5 Å². The minimum Gasteiger partial charge on any atom is -0.494 e. The molecule has 0 saturated heterocycles. The highest BCUT2D eigenvalue weighted by Crippen LogP contribution is 2.18. The molecule has 2 aromatic rings. The first-order valence-corrected chi connectivity index (χ1v) is 9.08. The molecule has 0 radical (unpaired) electrons. The number of aliphatic carboxylic acids is 1. The molecule has 0 aliphatic carbocycles. The van der Waals surface area contributed by atoms with Crippen LogP contribution in [-0.2, 0) is 11.3 Å². The highest BCUT2D eigenvalue weighted by atomic mass is 16.5. The normalized spacial score (nSPS) is 11.5. The van der Waals surface area contributed by atoms with E-state index in [0.29, 0.717) is 12.3 Å². The lowest BCUT2D eigenvalue weighted by atomic mass is 10.2. The summed E-state index contributed by atoms with van der Waals surface area (Å²) in [5.74, 6) is -0.317. The minimum atomic E-state index is -1.05. The molecule has 6 heteroatoms. The standard InChI is InChI=1S/C21H26N2O4/c1-3-4-14-27-19-12-10-18(11-13-19)22-21(26)23(16(2)20(24)25)15-17-8-6-5-7-9-17/h5-13,16H,3-4,14-15H2,1-2H3,(H,22,26)(H,24,25). The predicted molar refractivity (Wildman–Crippen MR) is 105 cm³/mol. The number of hydrogen-bond donors (Lipinski definition) is 2. The van der Waals surface area contributed by atoms with E-state index >= 15 is 0 Å². The van der Waals surface area contributed by atoms with Crippen LogP contribution >= 0.6 is 0 Å². The molecular weight excluding hydrogens is 344 g/mol. The third-order valence-electron chi connectivity index (χ3n) is 4.15. The van der Waals surface area contributed by atoms with Gasteiger partial charge in [-0.3, -0.25) is 0 Å². The van der Waals surface area contributed by atoms with E-state index in [0.717, 1.165) is 24.2 Å². The van der Waals surface area contributed by atoms with Gasteiger partial charge in [0.2, 0.25) is 0 Å². The van der Waals surface area contributed by atoms with E-state index in [2.05, 4.69) is 12.2 Å². The maximum atomic E-state index is 12.7. The fraction of sp³-hybridized carbons (Fsp3) is 0.333. The summed E-state index contributed by atoms with van der Waals surface area (Å²) in [6, 6.07) is 14.9. The van der Waals surface area contributed by atoms with Crippen LogP contribution in [0.2, 0.25) is 0 Å². The van der Waals surface area contributed by atoms with Crippen molar-refractivity contribution in [1.29, 1.82) is 0 Å². The highest BCUT2D eigenvalue weighted by molar-refractivity contribution is 5.92. The fourth-order valence-corrected chi connectivity index (χ4v) is 2.46. The molecule has 1 atom stereocenters. The quantitative estimate of drug-likeness (QED) is 0.642. The molecule has 27 heavy (non-hydrogen) atoms. The van der Waals surface area contributed by atoms with Crippen molar-refractivity contribution in [2.24, 2.45) is 0 Å². The summed E-state index contributed by atoms with van der Waals surface area (Å²) >= 11 is 0. The van der Waals surface area contributed by atoms with E-state index in [-0.39, 0.29) is 6.54 Å². The second kappa shape index (κ2) is 10.2. The van der Waals surface area contributed by atoms with Crippen LogP contribution in [0.5, 0.6) is 5.75 Å². The molecule has 0 aliphatic rings. The lowest BCUT2D eigenvalue weighted by Crippen LogP contribution is -2.44. The lowest BCUT2D eigenvalue weighted by Gasteiger charge is -2.27. The van der Waals surface area contributed by atoms with E-state index in [1.54, 1.807) is 24.3 Å². The molecule has 0 saturated carbocycles. The number of rotatable bonds is 9. The average molecular weight is 370 g/mol. The number of benzene rings is 2. The van der Waals surface area contributed by atoms with Crippen molar-refractivity contribution in [2.45, 2.75) is 39.3 Å². The van der Waals surface area contributed by atoms with Gasteiger partial charge in [-0.05, 0) is 43.2 Å². The van der Waals surface area contributed by atoms with Gasteiger partial charge in [-0.2, -0.15) is 0 Å². The van der Waals surface area contributed by atoms with Crippen LogP contribution in [0.3, 0.4) is 0 Å². The average Bonchev–Trinajstić information content (AvgIpc) is 2.68. The van der Waals surface area contributed by atoms with Crippen molar-refractivity contribution < 1.29 is 19.4 Å². The fourth-order valence-electron chi connectivity index (χ4n) is 2.46. The van der Waals surface area contributed by atoms with Crippen molar-refractivity contribution in [2.75, 3.05) is 11.9 Å². The number of unbranched alkanes of at least 4 members (excludes halogenated alkanes) is 1. The summed E-state index contributed by atoms with van der Waals surface area (Å²) in [7, 11) is 0. The van der Waals surface area contributed by atoms with E-state index in [4.69, 9.17) is 4.74 Å². The largest absolute Gasteiger partial charge is 0.494 e. The number of carboxylic acid groups (broad SMARTS) is 1. The van der Waals surface area contributed by atoms with Crippen molar-refractivity contribution >= 4 is 17.7 Å². The summed E-state index contributed by atoms with van der Waals surface area (Å²) in [5.41, 5.74) is 1.44. The molecule has 2 amide bonds. The number of nitrogens with zero attached hydrogens (tertiary/aromatic N) is 1. The Morgan fingerprint density at radius 3 is 2.37 bits per heavy atom. The molecule has 2 rings (SSSR count). The van der Waals surface area contributed by atoms with Crippen molar-refractivity contribution in [1.82, 2.24) is 4.90 Å². The lowest BCUT2D eigenvalue weighted by molar-refractivity contribution is -0.141. The molecule has 0 fully saturated rings. The summed E-state index contributed by atoms with van der Waals surface area (Å²) in [5, 5.41) is 12.1. The van der Waals surface area contributed by atoms with Crippen LogP contribution in [0, 0.1) is 0 Å². The molecule has 0 spiro atoms. The van der Waals surface area contributed by atoms with Gasteiger partial charge in [0.25, 0.3) is 0 Å². The second-order valence-electron chi connectivity index (χ2n) is 6.28. The van der Waals surface area contributed by atoms with Gasteiger partial charge < -0.3 is 20.1 Å². The molecule has 1 unspecified atom stereocenters. The molecule has 6 nitrogen and oxygen atoms in total. The Kier molecular flexibility index (Phi) is 7.67. The molecule has 144 valence electrons. The van der Waals surface area contributed by atoms with Crippen molar-refractivity contribution in [3.8, 4) is 5.75 Å². The van der Waals surface area contributed by atoms with Gasteiger partial charge in [0.15, 0.2) is 0 Å². The number of anilines is 1. The Hall–Kier alpha value is -3.02. The van der Waals surface area contributed by atoms with Gasteiger partial charge in [-0.25, -0.2) is 9.59 Å². The Labute approximate surface area is 159 Å². The SMILES string of the molecule is CCCCOc1ccc(NC(=O)N(Cc2ccccc2)C(C)C(=O)O)cc1. The second-order valence-corrected chi connectivity index (χ2v) is 6.28. The van der Waals surface area contributed by atoms with Crippen LogP contribution in [0.25, 0.3) is 0 Å². The molecule has 2 aromatic carbocycles. The van der Waals surface area contributed by atoms with Gasteiger partial charge in [0.05, 0.1) is 6.61 Å². The van der Waals surface area contributed by atoms with Crippen LogP contribution < -0.4 is 10.1 Å². The van der Waals surface area contributed by atoms with Gasteiger partial charge in [-0.15, -0.1) is 0 Å². The van der Waals surface area contributed by atoms with Gasteiger partial charge in [0, 0.05) is 12.2 Å². The molecule has 0 heterocycles. The number of carbonyl (C=O) groups excluding carboxylic acids is 1. The van der Waals surface area contributed by atoms with E-state index in [1.807, 2.05) is 30.3 Å².